The van der Waals surface area contributed by atoms with Gasteiger partial charge in [0.15, 0.2) is 5.17 Å². The van der Waals surface area contributed by atoms with Gasteiger partial charge in [0.2, 0.25) is 5.91 Å². The molecule has 2 aliphatic rings. The Morgan fingerprint density at radius 1 is 1.25 bits per heavy atom. The number of esters is 1. The van der Waals surface area contributed by atoms with Crippen LogP contribution in [-0.2, 0) is 14.3 Å². The lowest BCUT2D eigenvalue weighted by atomic mass is 9.94. The number of benzene rings is 1. The minimum atomic E-state index is -0.541. The van der Waals surface area contributed by atoms with Crippen molar-refractivity contribution in [2.45, 2.75) is 25.1 Å². The number of methoxy groups -OCH3 is 2. The highest BCUT2D eigenvalue weighted by Gasteiger charge is 2.46. The second kappa shape index (κ2) is 6.32. The van der Waals surface area contributed by atoms with E-state index in [-0.39, 0.29) is 11.2 Å². The van der Waals surface area contributed by atoms with Crippen LogP contribution in [0.25, 0.3) is 0 Å². The van der Waals surface area contributed by atoms with E-state index in [1.54, 1.807) is 18.9 Å². The zero-order chi connectivity index (χ0) is 17.4. The molecule has 0 N–H and O–H groups in total. The van der Waals surface area contributed by atoms with E-state index in [2.05, 4.69) is 4.99 Å². The number of rotatable bonds is 3. The van der Waals surface area contributed by atoms with E-state index >= 15 is 0 Å². The Balaban J connectivity index is 2.14. The Morgan fingerprint density at radius 3 is 2.50 bits per heavy atom. The van der Waals surface area contributed by atoms with Crippen molar-refractivity contribution in [1.82, 2.24) is 4.90 Å². The second-order valence-corrected chi connectivity index (χ2v) is 6.84. The van der Waals surface area contributed by atoms with E-state index < -0.39 is 12.0 Å². The molecule has 0 spiro atoms. The molecule has 126 valence electrons. The second-order valence-electron chi connectivity index (χ2n) is 5.53. The fourth-order valence-electron chi connectivity index (χ4n) is 2.88. The minimum absolute atomic E-state index is 0.0616. The van der Waals surface area contributed by atoms with Gasteiger partial charge in [-0.15, -0.1) is 0 Å². The zero-order valence-corrected chi connectivity index (χ0v) is 14.7. The molecule has 0 saturated carbocycles. The fraction of sp³-hybridized carbons (Fsp3) is 0.353. The highest BCUT2D eigenvalue weighted by atomic mass is 32.2. The van der Waals surface area contributed by atoms with Gasteiger partial charge in [-0.05, 0) is 31.5 Å². The first-order chi connectivity index (χ1) is 11.5. The van der Waals surface area contributed by atoms with Crippen LogP contribution < -0.4 is 4.74 Å². The minimum Gasteiger partial charge on any atom is -0.497 e. The Hall–Kier alpha value is -2.28. The maximum absolute atomic E-state index is 12.6. The summed E-state index contributed by atoms with van der Waals surface area (Å²) in [6, 6.07) is 6.78. The van der Waals surface area contributed by atoms with Gasteiger partial charge >= 0.3 is 5.97 Å². The van der Waals surface area contributed by atoms with Crippen molar-refractivity contribution >= 4 is 28.8 Å². The molecule has 0 bridgehead atoms. The van der Waals surface area contributed by atoms with Gasteiger partial charge in [-0.1, -0.05) is 23.9 Å². The third kappa shape index (κ3) is 2.58. The number of nitrogens with zero attached hydrogens (tertiary/aromatic N) is 2. The fourth-order valence-corrected chi connectivity index (χ4v) is 3.90. The standard InChI is InChI=1S/C17H18N2O4S/c1-9-13(16(21)23-4)14(11-5-7-12(22-3)8-6-11)19-15(20)10(2)24-17(19)18-9/h5-8,10,14H,1-4H3/t10-,14+/m1/s1. The number of carbonyl (C=O) groups excluding carboxylic acids is 2. The van der Waals surface area contributed by atoms with Crippen LogP contribution in [0.3, 0.4) is 0 Å². The van der Waals surface area contributed by atoms with Gasteiger partial charge in [-0.3, -0.25) is 9.69 Å². The summed E-state index contributed by atoms with van der Waals surface area (Å²) in [5.74, 6) is 0.168. The van der Waals surface area contributed by atoms with Gasteiger partial charge in [0.05, 0.1) is 36.8 Å². The van der Waals surface area contributed by atoms with Crippen molar-refractivity contribution in [3.8, 4) is 5.75 Å². The maximum atomic E-state index is 12.6. The molecule has 24 heavy (non-hydrogen) atoms. The van der Waals surface area contributed by atoms with Crippen LogP contribution in [0.2, 0.25) is 0 Å². The molecule has 1 saturated heterocycles. The van der Waals surface area contributed by atoms with E-state index in [0.29, 0.717) is 22.2 Å². The number of carbonyl (C=O) groups is 2. The van der Waals surface area contributed by atoms with Gasteiger partial charge in [0.25, 0.3) is 0 Å². The van der Waals surface area contributed by atoms with Crippen LogP contribution in [0.4, 0.5) is 0 Å². The smallest absolute Gasteiger partial charge is 0.338 e. The van der Waals surface area contributed by atoms with E-state index in [1.807, 2.05) is 31.2 Å². The van der Waals surface area contributed by atoms with Crippen molar-refractivity contribution in [3.05, 3.63) is 41.1 Å². The molecule has 0 unspecified atom stereocenters. The van der Waals surface area contributed by atoms with Gasteiger partial charge in [-0.2, -0.15) is 0 Å². The average Bonchev–Trinajstić information content (AvgIpc) is 2.87. The Labute approximate surface area is 144 Å². The molecule has 0 radical (unpaired) electrons. The molecular formula is C17H18N2O4S. The highest BCUT2D eigenvalue weighted by molar-refractivity contribution is 8.15. The number of fused-ring (bicyclic) bond motifs is 1. The largest absolute Gasteiger partial charge is 0.497 e. The predicted octanol–water partition coefficient (Wildman–Crippen LogP) is 2.52. The molecule has 2 heterocycles. The highest BCUT2D eigenvalue weighted by Crippen LogP contribution is 2.43. The monoisotopic (exact) mass is 346 g/mol. The number of amides is 1. The summed E-state index contributed by atoms with van der Waals surface area (Å²) >= 11 is 1.40. The van der Waals surface area contributed by atoms with Crippen molar-refractivity contribution in [2.75, 3.05) is 14.2 Å². The van der Waals surface area contributed by atoms with Crippen molar-refractivity contribution < 1.29 is 19.1 Å². The number of hydrogen-bond acceptors (Lipinski definition) is 6. The van der Waals surface area contributed by atoms with E-state index in [1.165, 1.54) is 18.9 Å². The van der Waals surface area contributed by atoms with Crippen LogP contribution >= 0.6 is 11.8 Å². The van der Waals surface area contributed by atoms with Crippen LogP contribution in [-0.4, -0.2) is 41.4 Å². The van der Waals surface area contributed by atoms with Crippen LogP contribution in [0.1, 0.15) is 25.5 Å². The summed E-state index contributed by atoms with van der Waals surface area (Å²) in [6.45, 7) is 3.60. The summed E-state index contributed by atoms with van der Waals surface area (Å²) in [5, 5.41) is 0.396. The van der Waals surface area contributed by atoms with Crippen molar-refractivity contribution in [2.24, 2.45) is 4.99 Å². The first-order valence-electron chi connectivity index (χ1n) is 7.49. The Kier molecular flexibility index (Phi) is 4.36. The molecular weight excluding hydrogens is 328 g/mol. The Morgan fingerprint density at radius 2 is 1.92 bits per heavy atom. The molecule has 6 nitrogen and oxygen atoms in total. The number of thioether (sulfide) groups is 1. The molecule has 1 amide bonds. The summed E-state index contributed by atoms with van der Waals surface area (Å²) < 4.78 is 10.1. The van der Waals surface area contributed by atoms with Gasteiger partial charge in [-0.25, -0.2) is 9.79 Å². The van der Waals surface area contributed by atoms with E-state index in [9.17, 15) is 9.59 Å². The number of amidine groups is 1. The van der Waals surface area contributed by atoms with Crippen LogP contribution in [0.5, 0.6) is 5.75 Å². The Bertz CT molecular complexity index is 754. The molecule has 3 rings (SSSR count). The lowest BCUT2D eigenvalue weighted by Crippen LogP contribution is -2.40. The molecule has 0 aromatic heterocycles. The lowest BCUT2D eigenvalue weighted by molar-refractivity contribution is -0.137. The van der Waals surface area contributed by atoms with E-state index in [0.717, 1.165) is 5.56 Å². The van der Waals surface area contributed by atoms with Crippen LogP contribution in [0, 0.1) is 0 Å². The first kappa shape index (κ1) is 16.6. The molecule has 1 fully saturated rings. The van der Waals surface area contributed by atoms with Gasteiger partial charge in [0, 0.05) is 0 Å². The molecule has 0 aliphatic carbocycles. The molecule has 2 aliphatic heterocycles. The summed E-state index contributed by atoms with van der Waals surface area (Å²) in [4.78, 5) is 31.0. The molecule has 7 heteroatoms. The lowest BCUT2D eigenvalue weighted by Gasteiger charge is -2.32. The number of allylic oxidation sites excluding steroid dienone is 1. The average molecular weight is 346 g/mol. The molecule has 1 aromatic rings. The first-order valence-corrected chi connectivity index (χ1v) is 8.37. The third-order valence-electron chi connectivity index (χ3n) is 4.10. The van der Waals surface area contributed by atoms with Crippen molar-refractivity contribution in [1.29, 1.82) is 0 Å². The molecule has 1 aromatic carbocycles. The number of aliphatic imine (C=N–C) groups is 1. The van der Waals surface area contributed by atoms with Crippen molar-refractivity contribution in [3.63, 3.8) is 0 Å². The number of hydrogen-bond donors (Lipinski definition) is 0. The topological polar surface area (TPSA) is 68.2 Å². The van der Waals surface area contributed by atoms with E-state index in [4.69, 9.17) is 9.47 Å². The quantitative estimate of drug-likeness (QED) is 0.787. The zero-order valence-electron chi connectivity index (χ0n) is 13.9. The predicted molar refractivity (Wildman–Crippen MR) is 91.8 cm³/mol. The molecule has 2 atom stereocenters. The normalized spacial score (nSPS) is 23.1. The maximum Gasteiger partial charge on any atom is 0.338 e. The van der Waals surface area contributed by atoms with Crippen LogP contribution in [0.15, 0.2) is 40.5 Å². The summed E-state index contributed by atoms with van der Waals surface area (Å²) in [5.41, 5.74) is 1.77. The summed E-state index contributed by atoms with van der Waals surface area (Å²) in [6.07, 6.45) is 0. The van der Waals surface area contributed by atoms with Gasteiger partial charge in [0.1, 0.15) is 5.75 Å². The summed E-state index contributed by atoms with van der Waals surface area (Å²) in [7, 11) is 2.92. The third-order valence-corrected chi connectivity index (χ3v) is 5.15. The van der Waals surface area contributed by atoms with Gasteiger partial charge < -0.3 is 9.47 Å². The SMILES string of the molecule is COC(=O)C1=C(C)N=C2S[C@H](C)C(=O)N2[C@H]1c1ccc(OC)cc1. The number of ether oxygens (including phenoxy) is 2.